The minimum absolute atomic E-state index is 0.0849. The molecule has 184 valence electrons. The van der Waals surface area contributed by atoms with Crippen molar-refractivity contribution in [1.29, 1.82) is 5.26 Å². The number of hydrogen-bond donors (Lipinski definition) is 1. The van der Waals surface area contributed by atoms with Crippen molar-refractivity contribution < 1.29 is 30.8 Å². The number of hydrogen-bond acceptors (Lipinski definition) is 9. The molecule has 1 aliphatic rings. The topological polar surface area (TPSA) is 145 Å². The predicted octanol–water partition coefficient (Wildman–Crippen LogP) is 0.510. The number of nitriles is 1. The van der Waals surface area contributed by atoms with E-state index in [2.05, 4.69) is 4.98 Å². The third-order valence-electron chi connectivity index (χ3n) is 5.00. The minimum Gasteiger partial charge on any atom is -0.382 e. The normalized spacial score (nSPS) is 25.1. The number of methoxy groups -OCH3 is 1. The Bertz CT molecular complexity index is 1000. The molecule has 2 rings (SSSR count). The summed E-state index contributed by atoms with van der Waals surface area (Å²) >= 11 is 0. The Morgan fingerprint density at radius 2 is 2.24 bits per heavy atom. The van der Waals surface area contributed by atoms with Gasteiger partial charge in [-0.2, -0.15) is 5.26 Å². The molecule has 6 atom stereocenters. The zero-order valence-corrected chi connectivity index (χ0v) is 19.9. The number of ether oxygens (including phenoxy) is 3. The van der Waals surface area contributed by atoms with Crippen LogP contribution in [0, 0.1) is 18.3 Å². The van der Waals surface area contributed by atoms with Gasteiger partial charge in [0.2, 0.25) is 5.91 Å². The van der Waals surface area contributed by atoms with Gasteiger partial charge in [-0.05, 0) is 6.92 Å². The van der Waals surface area contributed by atoms with Gasteiger partial charge in [0.15, 0.2) is 14.6 Å². The Morgan fingerprint density at radius 1 is 1.48 bits per heavy atom. The lowest BCUT2D eigenvalue weighted by atomic mass is 10.1. The van der Waals surface area contributed by atoms with Gasteiger partial charge in [0.05, 0.1) is 35.1 Å². The number of carbonyl (C=O) groups excluding carboxylic acids is 1. The zero-order valence-electron chi connectivity index (χ0n) is 21.1. The van der Waals surface area contributed by atoms with Crippen LogP contribution < -0.4 is 11.2 Å². The van der Waals surface area contributed by atoms with Crippen LogP contribution in [0.1, 0.15) is 27.9 Å². The molecule has 12 nitrogen and oxygen atoms in total. The molecule has 0 spiro atoms. The van der Waals surface area contributed by atoms with E-state index in [-0.39, 0.29) is 44.3 Å². The molecular weight excluding hydrogens is 455 g/mol. The summed E-state index contributed by atoms with van der Waals surface area (Å²) in [7, 11) is -1.45. The number of H-pyrrole nitrogens is 1. The van der Waals surface area contributed by atoms with Gasteiger partial charge in [0, 0.05) is 46.0 Å². The maximum absolute atomic E-state index is 12.6. The third kappa shape index (κ3) is 7.43. The van der Waals surface area contributed by atoms with Crippen molar-refractivity contribution in [2.24, 2.45) is 0 Å². The highest BCUT2D eigenvalue weighted by molar-refractivity contribution is 7.46. The van der Waals surface area contributed by atoms with Gasteiger partial charge >= 0.3 is 5.69 Å². The van der Waals surface area contributed by atoms with E-state index in [0.717, 1.165) is 0 Å². The minimum atomic E-state index is -1.57. The SMILES string of the molecule is [2H]C([3H])OC[C@H]1O[C@@H](n2cc(C)c(=O)[nH]c2=O)[C@H](OCCN(C)C(C)=O)[C@@H]1OP(C)OCCC#N. The molecule has 0 aliphatic carbocycles. The fourth-order valence-electron chi connectivity index (χ4n) is 3.15. The molecule has 1 fully saturated rings. The smallest absolute Gasteiger partial charge is 0.330 e. The fourth-order valence-corrected chi connectivity index (χ4v) is 4.15. The molecule has 2 heterocycles. The van der Waals surface area contributed by atoms with Crippen molar-refractivity contribution in [3.63, 3.8) is 0 Å². The highest BCUT2D eigenvalue weighted by atomic mass is 31.2. The predicted molar refractivity (Wildman–Crippen MR) is 119 cm³/mol. The largest absolute Gasteiger partial charge is 0.382 e. The Balaban J connectivity index is 2.36. The number of aromatic amines is 1. The fraction of sp³-hybridized carbons (Fsp3) is 0.700. The van der Waals surface area contributed by atoms with E-state index in [4.69, 9.17) is 31.3 Å². The van der Waals surface area contributed by atoms with Crippen molar-refractivity contribution in [2.75, 3.05) is 47.1 Å². The summed E-state index contributed by atoms with van der Waals surface area (Å²) in [6.45, 7) is 4.94. The van der Waals surface area contributed by atoms with E-state index in [1.54, 1.807) is 13.7 Å². The van der Waals surface area contributed by atoms with E-state index in [1.165, 1.54) is 29.5 Å². The second kappa shape index (κ2) is 12.9. The number of rotatable bonds is 12. The van der Waals surface area contributed by atoms with Crippen LogP contribution in [0.4, 0.5) is 0 Å². The third-order valence-corrected chi connectivity index (χ3v) is 6.08. The lowest BCUT2D eigenvalue weighted by molar-refractivity contribution is -0.129. The van der Waals surface area contributed by atoms with Crippen LogP contribution in [0.5, 0.6) is 0 Å². The summed E-state index contributed by atoms with van der Waals surface area (Å²) in [5, 5.41) is 8.74. The summed E-state index contributed by atoms with van der Waals surface area (Å²) < 4.78 is 44.7. The Kier molecular flexibility index (Phi) is 9.41. The van der Waals surface area contributed by atoms with Gasteiger partial charge in [-0.3, -0.25) is 19.1 Å². The van der Waals surface area contributed by atoms with E-state index in [0.29, 0.717) is 0 Å². The van der Waals surface area contributed by atoms with Crippen LogP contribution in [0.15, 0.2) is 15.8 Å². The molecule has 1 saturated heterocycles. The highest BCUT2D eigenvalue weighted by Gasteiger charge is 2.48. The monoisotopic (exact) mass is 489 g/mol. The van der Waals surface area contributed by atoms with Crippen LogP contribution in [-0.2, 0) is 28.1 Å². The van der Waals surface area contributed by atoms with E-state index in [1.807, 2.05) is 6.07 Å². The number of aromatic nitrogens is 2. The first kappa shape index (κ1) is 24.0. The molecule has 0 bridgehead atoms. The van der Waals surface area contributed by atoms with Crippen LogP contribution in [-0.4, -0.2) is 85.8 Å². The van der Waals surface area contributed by atoms with Gasteiger partial charge in [-0.15, -0.1) is 0 Å². The van der Waals surface area contributed by atoms with Gasteiger partial charge in [-0.25, -0.2) is 4.79 Å². The van der Waals surface area contributed by atoms with Crippen molar-refractivity contribution in [2.45, 2.75) is 44.8 Å². The zero-order chi connectivity index (χ0) is 26.1. The average molecular weight is 489 g/mol. The number of carbonyl (C=O) groups is 1. The number of likely N-dealkylation sites (N-methyl/N-ethyl adjacent to an activating group) is 1. The molecule has 1 amide bonds. The van der Waals surface area contributed by atoms with Gasteiger partial charge in [-0.1, -0.05) is 0 Å². The second-order valence-corrected chi connectivity index (χ2v) is 8.75. The van der Waals surface area contributed by atoms with Crippen LogP contribution in [0.3, 0.4) is 0 Å². The van der Waals surface area contributed by atoms with Crippen LogP contribution in [0.2, 0.25) is 0 Å². The molecule has 1 aromatic heterocycles. The molecular formula is C20H31N4O8P. The first-order chi connectivity index (χ1) is 16.5. The van der Waals surface area contributed by atoms with Crippen molar-refractivity contribution >= 4 is 14.3 Å². The van der Waals surface area contributed by atoms with Crippen molar-refractivity contribution in [1.82, 2.24) is 14.5 Å². The lowest BCUT2D eigenvalue weighted by Crippen LogP contribution is -2.42. The molecule has 2 unspecified atom stereocenters. The summed E-state index contributed by atoms with van der Waals surface area (Å²) in [6, 6.07) is 1.98. The van der Waals surface area contributed by atoms with E-state index < -0.39 is 51.2 Å². The second-order valence-electron chi connectivity index (χ2n) is 7.40. The molecule has 13 heteroatoms. The maximum Gasteiger partial charge on any atom is 0.330 e. The molecule has 1 aliphatic heterocycles. The van der Waals surface area contributed by atoms with Gasteiger partial charge in [0.25, 0.3) is 5.56 Å². The quantitative estimate of drug-likeness (QED) is 0.328. The van der Waals surface area contributed by atoms with E-state index in [9.17, 15) is 14.4 Å². The molecule has 0 aromatic carbocycles. The highest BCUT2D eigenvalue weighted by Crippen LogP contribution is 2.43. The number of nitrogens with zero attached hydrogens (tertiary/aromatic N) is 3. The average Bonchev–Trinajstić information content (AvgIpc) is 3.11. The Hall–Kier alpha value is -2.13. The molecule has 1 N–H and O–H groups in total. The number of amides is 1. The Labute approximate surface area is 196 Å². The molecule has 0 radical (unpaired) electrons. The first-order valence-corrected chi connectivity index (χ1v) is 11.8. The summed E-state index contributed by atoms with van der Waals surface area (Å²) in [4.78, 5) is 39.7. The molecule has 1 aromatic rings. The van der Waals surface area contributed by atoms with E-state index >= 15 is 0 Å². The van der Waals surface area contributed by atoms with Crippen LogP contribution in [0.25, 0.3) is 0 Å². The number of aryl methyl sites for hydroxylation is 1. The standard InChI is InChI=1S/C20H31N4O8P/c1-13-11-24(20(27)22-18(13)26)19-17(29-10-8-23(3)14(2)25)16(15(31-19)12-28-4)32-33(5)30-9-6-7-21/h11,15-17,19H,6,8-10,12H2,1-5H3,(H,22,26,27)/t15-,16-,17-,19-,33?/m1/s1/i4TD/t4?,15-,16-,17-,19-,33?. The summed E-state index contributed by atoms with van der Waals surface area (Å²) in [6.07, 6.45) is -2.12. The first-order valence-electron chi connectivity index (χ1n) is 11.4. The maximum atomic E-state index is 12.6. The van der Waals surface area contributed by atoms with Crippen molar-refractivity contribution in [3.05, 3.63) is 32.6 Å². The lowest BCUT2D eigenvalue weighted by Gasteiger charge is -2.28. The van der Waals surface area contributed by atoms with Gasteiger partial charge < -0.3 is 28.2 Å². The molecule has 0 saturated carbocycles. The summed E-state index contributed by atoms with van der Waals surface area (Å²) in [5.74, 6) is -0.153. The van der Waals surface area contributed by atoms with Gasteiger partial charge in [0.1, 0.15) is 18.3 Å². The Morgan fingerprint density at radius 3 is 2.91 bits per heavy atom. The van der Waals surface area contributed by atoms with Crippen LogP contribution >= 0.6 is 8.38 Å². The molecule has 33 heavy (non-hydrogen) atoms. The summed E-state index contributed by atoms with van der Waals surface area (Å²) in [5.41, 5.74) is -0.981. The number of nitrogens with one attached hydrogen (secondary N) is 1. The van der Waals surface area contributed by atoms with Crippen molar-refractivity contribution in [3.8, 4) is 6.07 Å².